The maximum absolute atomic E-state index is 13.7. The van der Waals surface area contributed by atoms with Crippen LogP contribution >= 0.6 is 0 Å². The smallest absolute Gasteiger partial charge is 0.330 e. The third kappa shape index (κ3) is 3.12. The van der Waals surface area contributed by atoms with E-state index in [1.807, 2.05) is 65.6 Å². The first kappa shape index (κ1) is 19.3. The summed E-state index contributed by atoms with van der Waals surface area (Å²) in [4.78, 5) is 29.8. The second-order valence-electron chi connectivity index (χ2n) is 8.38. The molecule has 0 saturated carbocycles. The number of carbonyl (C=O) groups is 1. The molecule has 0 aliphatic carbocycles. The molecule has 1 atom stereocenters. The van der Waals surface area contributed by atoms with Crippen LogP contribution in [0.3, 0.4) is 0 Å². The molecule has 7 heteroatoms. The number of hydrogen-bond acceptors (Lipinski definition) is 5. The van der Waals surface area contributed by atoms with E-state index in [1.54, 1.807) is 4.90 Å². The molecule has 0 N–H and O–H groups in total. The van der Waals surface area contributed by atoms with Crippen LogP contribution in [-0.2, 0) is 4.74 Å². The van der Waals surface area contributed by atoms with E-state index in [0.29, 0.717) is 24.9 Å². The maximum atomic E-state index is 13.7. The Kier molecular flexibility index (Phi) is 4.76. The van der Waals surface area contributed by atoms with Crippen LogP contribution in [0, 0.1) is 0 Å². The molecule has 1 unspecified atom stereocenters. The number of rotatable bonds is 3. The van der Waals surface area contributed by atoms with Gasteiger partial charge in [0, 0.05) is 25.2 Å². The minimum Gasteiger partial charge on any atom is -0.378 e. The third-order valence-electron chi connectivity index (χ3n) is 6.50. The third-order valence-corrected chi connectivity index (χ3v) is 6.50. The van der Waals surface area contributed by atoms with Crippen molar-refractivity contribution in [3.05, 3.63) is 66.2 Å². The SMILES string of the molecule is O=C1N(c2ccccc2)c2nc(-c3ccccc3)nc(N3CCOCC3)c2C2CCCN12. The van der Waals surface area contributed by atoms with Crippen molar-refractivity contribution in [1.82, 2.24) is 14.9 Å². The Morgan fingerprint density at radius 3 is 2.28 bits per heavy atom. The number of anilines is 3. The Balaban J connectivity index is 1.61. The van der Waals surface area contributed by atoms with Crippen LogP contribution < -0.4 is 9.80 Å². The number of ether oxygens (including phenoxy) is 1. The molecule has 2 saturated heterocycles. The summed E-state index contributed by atoms with van der Waals surface area (Å²) in [7, 11) is 0. The van der Waals surface area contributed by atoms with Crippen LogP contribution in [0.15, 0.2) is 60.7 Å². The predicted octanol–water partition coefficient (Wildman–Crippen LogP) is 4.39. The van der Waals surface area contributed by atoms with E-state index in [-0.39, 0.29) is 12.1 Å². The van der Waals surface area contributed by atoms with Crippen molar-refractivity contribution < 1.29 is 9.53 Å². The summed E-state index contributed by atoms with van der Waals surface area (Å²) < 4.78 is 5.61. The molecule has 4 heterocycles. The monoisotopic (exact) mass is 427 g/mol. The van der Waals surface area contributed by atoms with Gasteiger partial charge in [-0.1, -0.05) is 48.5 Å². The van der Waals surface area contributed by atoms with E-state index >= 15 is 0 Å². The van der Waals surface area contributed by atoms with Gasteiger partial charge in [-0.3, -0.25) is 0 Å². The van der Waals surface area contributed by atoms with E-state index in [4.69, 9.17) is 14.7 Å². The molecule has 0 bridgehead atoms. The van der Waals surface area contributed by atoms with Gasteiger partial charge >= 0.3 is 6.03 Å². The Morgan fingerprint density at radius 1 is 0.844 bits per heavy atom. The average Bonchev–Trinajstić information content (AvgIpc) is 3.36. The first-order chi connectivity index (χ1) is 15.8. The van der Waals surface area contributed by atoms with Gasteiger partial charge in [-0.15, -0.1) is 0 Å². The van der Waals surface area contributed by atoms with Crippen LogP contribution in [0.4, 0.5) is 22.1 Å². The molecule has 2 amide bonds. The molecule has 32 heavy (non-hydrogen) atoms. The summed E-state index contributed by atoms with van der Waals surface area (Å²) in [6, 6.07) is 19.8. The summed E-state index contributed by atoms with van der Waals surface area (Å²) in [5.74, 6) is 2.29. The summed E-state index contributed by atoms with van der Waals surface area (Å²) >= 11 is 0. The molecule has 2 fully saturated rings. The molecule has 7 nitrogen and oxygen atoms in total. The second-order valence-corrected chi connectivity index (χ2v) is 8.38. The van der Waals surface area contributed by atoms with Crippen LogP contribution in [-0.4, -0.2) is 53.7 Å². The summed E-state index contributed by atoms with van der Waals surface area (Å²) in [5, 5.41) is 0. The number of fused-ring (bicyclic) bond motifs is 3. The number of urea groups is 1. The molecule has 1 aromatic heterocycles. The van der Waals surface area contributed by atoms with Crippen molar-refractivity contribution in [3.8, 4) is 11.4 Å². The van der Waals surface area contributed by atoms with Crippen molar-refractivity contribution >= 4 is 23.4 Å². The fraction of sp³-hybridized carbons (Fsp3) is 0.320. The lowest BCUT2D eigenvalue weighted by Crippen LogP contribution is -2.47. The van der Waals surface area contributed by atoms with Gasteiger partial charge in [0.25, 0.3) is 0 Å². The number of benzene rings is 2. The highest BCUT2D eigenvalue weighted by molar-refractivity contribution is 6.02. The largest absolute Gasteiger partial charge is 0.378 e. The Labute approximate surface area is 187 Å². The van der Waals surface area contributed by atoms with E-state index < -0.39 is 0 Å². The van der Waals surface area contributed by atoms with Gasteiger partial charge in [0.15, 0.2) is 11.6 Å². The molecule has 162 valence electrons. The topological polar surface area (TPSA) is 61.8 Å². The maximum Gasteiger partial charge on any atom is 0.330 e. The Morgan fingerprint density at radius 2 is 1.53 bits per heavy atom. The van der Waals surface area contributed by atoms with Gasteiger partial charge in [-0.25, -0.2) is 19.7 Å². The number of hydrogen-bond donors (Lipinski definition) is 0. The van der Waals surface area contributed by atoms with Crippen molar-refractivity contribution in [2.75, 3.05) is 42.6 Å². The molecular weight excluding hydrogens is 402 g/mol. The summed E-state index contributed by atoms with van der Waals surface area (Å²) in [5.41, 5.74) is 2.83. The zero-order chi connectivity index (χ0) is 21.5. The second kappa shape index (κ2) is 7.91. The van der Waals surface area contributed by atoms with Crippen molar-refractivity contribution in [3.63, 3.8) is 0 Å². The van der Waals surface area contributed by atoms with E-state index in [1.165, 1.54) is 0 Å². The van der Waals surface area contributed by atoms with Gasteiger partial charge in [0.2, 0.25) is 0 Å². The lowest BCUT2D eigenvalue weighted by Gasteiger charge is -2.41. The van der Waals surface area contributed by atoms with Gasteiger partial charge in [0.05, 0.1) is 30.5 Å². The van der Waals surface area contributed by atoms with E-state index in [9.17, 15) is 4.79 Å². The first-order valence-corrected chi connectivity index (χ1v) is 11.3. The molecule has 2 aromatic carbocycles. The number of carbonyl (C=O) groups excluding carboxylic acids is 1. The van der Waals surface area contributed by atoms with E-state index in [0.717, 1.165) is 55.1 Å². The number of morpholine rings is 1. The summed E-state index contributed by atoms with van der Waals surface area (Å²) in [6.07, 6.45) is 1.92. The van der Waals surface area contributed by atoms with Crippen molar-refractivity contribution in [1.29, 1.82) is 0 Å². The number of para-hydroxylation sites is 1. The normalized spacial score (nSPS) is 20.3. The van der Waals surface area contributed by atoms with Crippen LogP contribution in [0.5, 0.6) is 0 Å². The molecule has 3 aliphatic rings. The van der Waals surface area contributed by atoms with E-state index in [2.05, 4.69) is 4.90 Å². The number of nitrogens with zero attached hydrogens (tertiary/aromatic N) is 5. The fourth-order valence-electron chi connectivity index (χ4n) is 4.97. The van der Waals surface area contributed by atoms with Gasteiger partial charge in [0.1, 0.15) is 5.82 Å². The van der Waals surface area contributed by atoms with Crippen LogP contribution in [0.1, 0.15) is 24.4 Å². The molecule has 3 aromatic rings. The fourth-order valence-corrected chi connectivity index (χ4v) is 4.97. The lowest BCUT2D eigenvalue weighted by molar-refractivity contribution is 0.122. The molecule has 0 spiro atoms. The molecule has 6 rings (SSSR count). The minimum absolute atomic E-state index is 0.00293. The number of amides is 2. The predicted molar refractivity (Wildman–Crippen MR) is 123 cm³/mol. The zero-order valence-electron chi connectivity index (χ0n) is 17.9. The zero-order valence-corrected chi connectivity index (χ0v) is 17.9. The first-order valence-electron chi connectivity index (χ1n) is 11.3. The van der Waals surface area contributed by atoms with Crippen molar-refractivity contribution in [2.45, 2.75) is 18.9 Å². The highest BCUT2D eigenvalue weighted by Crippen LogP contribution is 2.48. The Hall–Kier alpha value is -3.45. The van der Waals surface area contributed by atoms with Crippen molar-refractivity contribution in [2.24, 2.45) is 0 Å². The molecular formula is C25H25N5O2. The Bertz CT molecular complexity index is 1130. The highest BCUT2D eigenvalue weighted by Gasteiger charge is 2.45. The van der Waals surface area contributed by atoms with Crippen LogP contribution in [0.25, 0.3) is 11.4 Å². The highest BCUT2D eigenvalue weighted by atomic mass is 16.5. The minimum atomic E-state index is -0.00293. The lowest BCUT2D eigenvalue weighted by atomic mass is 10.0. The number of aromatic nitrogens is 2. The van der Waals surface area contributed by atoms with Gasteiger partial charge in [-0.2, -0.15) is 0 Å². The van der Waals surface area contributed by atoms with Crippen LogP contribution in [0.2, 0.25) is 0 Å². The van der Waals surface area contributed by atoms with Gasteiger partial charge in [-0.05, 0) is 25.0 Å². The molecule has 3 aliphatic heterocycles. The molecule has 0 radical (unpaired) electrons. The quantitative estimate of drug-likeness (QED) is 0.620. The van der Waals surface area contributed by atoms with Gasteiger partial charge < -0.3 is 14.5 Å². The standard InChI is InChI=1S/C25H25N5O2/c31-25-29-13-7-12-20(29)21-23(28-14-16-32-17-15-28)26-22(18-8-3-1-4-9-18)27-24(21)30(25)19-10-5-2-6-11-19/h1-6,8-11,20H,7,12-17H2. The average molecular weight is 428 g/mol. The summed E-state index contributed by atoms with van der Waals surface area (Å²) in [6.45, 7) is 3.67.